The van der Waals surface area contributed by atoms with Crippen molar-refractivity contribution in [3.63, 3.8) is 0 Å². The second-order valence-electron chi connectivity index (χ2n) is 4.78. The van der Waals surface area contributed by atoms with Crippen LogP contribution in [0.1, 0.15) is 31.2 Å². The average molecular weight is 270 g/mol. The molecule has 0 saturated heterocycles. The molecule has 1 aliphatic rings. The van der Waals surface area contributed by atoms with Gasteiger partial charge in [-0.15, -0.1) is 11.6 Å². The first-order chi connectivity index (χ1) is 8.65. The van der Waals surface area contributed by atoms with Gasteiger partial charge in [-0.25, -0.2) is 4.39 Å². The third-order valence-electron chi connectivity index (χ3n) is 3.33. The van der Waals surface area contributed by atoms with Crippen LogP contribution < -0.4 is 5.32 Å². The van der Waals surface area contributed by atoms with Crippen LogP contribution >= 0.6 is 11.6 Å². The molecular formula is C14H17ClFNO. The van der Waals surface area contributed by atoms with Gasteiger partial charge in [0.25, 0.3) is 0 Å². The monoisotopic (exact) mass is 269 g/mol. The third-order valence-corrected chi connectivity index (χ3v) is 3.77. The fourth-order valence-electron chi connectivity index (χ4n) is 2.29. The van der Waals surface area contributed by atoms with Gasteiger partial charge in [-0.3, -0.25) is 4.79 Å². The summed E-state index contributed by atoms with van der Waals surface area (Å²) in [7, 11) is 0. The summed E-state index contributed by atoms with van der Waals surface area (Å²) < 4.78 is 13.4. The second-order valence-corrected chi connectivity index (χ2v) is 5.40. The number of halogens is 2. The Balaban J connectivity index is 1.84. The highest BCUT2D eigenvalue weighted by Crippen LogP contribution is 2.22. The number of benzene rings is 1. The van der Waals surface area contributed by atoms with E-state index in [1.807, 2.05) is 0 Å². The average Bonchev–Trinajstić information content (AvgIpc) is 2.35. The molecule has 1 N–H and O–H groups in total. The molecular weight excluding hydrogens is 253 g/mol. The molecule has 0 heterocycles. The van der Waals surface area contributed by atoms with Gasteiger partial charge in [0, 0.05) is 11.4 Å². The lowest BCUT2D eigenvalue weighted by Crippen LogP contribution is -2.38. The molecule has 1 aromatic rings. The Labute approximate surface area is 112 Å². The van der Waals surface area contributed by atoms with Crippen molar-refractivity contribution >= 4 is 17.5 Å². The predicted molar refractivity (Wildman–Crippen MR) is 70.1 cm³/mol. The van der Waals surface area contributed by atoms with Crippen molar-refractivity contribution in [2.75, 3.05) is 0 Å². The highest BCUT2D eigenvalue weighted by Gasteiger charge is 2.21. The van der Waals surface area contributed by atoms with Crippen LogP contribution in [0, 0.1) is 5.82 Å². The molecule has 0 spiro atoms. The highest BCUT2D eigenvalue weighted by molar-refractivity contribution is 6.20. The highest BCUT2D eigenvalue weighted by atomic mass is 35.5. The first-order valence-electron chi connectivity index (χ1n) is 6.32. The van der Waals surface area contributed by atoms with Gasteiger partial charge in [0.2, 0.25) is 5.91 Å². The fourth-order valence-corrected chi connectivity index (χ4v) is 2.54. The summed E-state index contributed by atoms with van der Waals surface area (Å²) in [6.07, 6.45) is 3.81. The topological polar surface area (TPSA) is 29.1 Å². The lowest BCUT2D eigenvalue weighted by atomic mass is 9.95. The summed E-state index contributed by atoms with van der Waals surface area (Å²) in [4.78, 5) is 11.8. The maximum atomic E-state index is 13.4. The van der Waals surface area contributed by atoms with Crippen LogP contribution in [0.5, 0.6) is 0 Å². The summed E-state index contributed by atoms with van der Waals surface area (Å²) in [5.41, 5.74) is 0.445. The zero-order valence-electron chi connectivity index (χ0n) is 10.2. The van der Waals surface area contributed by atoms with Crippen molar-refractivity contribution < 1.29 is 9.18 Å². The van der Waals surface area contributed by atoms with Crippen LogP contribution in [0.25, 0.3) is 0 Å². The van der Waals surface area contributed by atoms with E-state index in [1.165, 1.54) is 6.07 Å². The molecule has 98 valence electrons. The van der Waals surface area contributed by atoms with Crippen LogP contribution in [0.15, 0.2) is 24.3 Å². The quantitative estimate of drug-likeness (QED) is 0.840. The van der Waals surface area contributed by atoms with Crippen LogP contribution in [-0.4, -0.2) is 17.3 Å². The van der Waals surface area contributed by atoms with Crippen molar-refractivity contribution in [3.05, 3.63) is 35.6 Å². The minimum atomic E-state index is -0.322. The molecule has 1 aliphatic carbocycles. The molecule has 1 saturated carbocycles. The molecule has 0 atom stereocenters. The minimum Gasteiger partial charge on any atom is -0.353 e. The van der Waals surface area contributed by atoms with E-state index >= 15 is 0 Å². The van der Waals surface area contributed by atoms with E-state index in [-0.39, 0.29) is 29.6 Å². The van der Waals surface area contributed by atoms with Gasteiger partial charge in [-0.05, 0) is 37.3 Å². The second kappa shape index (κ2) is 6.19. The van der Waals surface area contributed by atoms with Crippen LogP contribution in [-0.2, 0) is 11.2 Å². The summed E-state index contributed by atoms with van der Waals surface area (Å²) in [5, 5.41) is 3.19. The van der Waals surface area contributed by atoms with Crippen LogP contribution in [0.3, 0.4) is 0 Å². The summed E-state index contributed by atoms with van der Waals surface area (Å²) >= 11 is 6.01. The molecule has 0 unspecified atom stereocenters. The van der Waals surface area contributed by atoms with Crippen molar-refractivity contribution in [2.24, 2.45) is 0 Å². The number of alkyl halides is 1. The molecule has 1 amide bonds. The molecule has 0 aliphatic heterocycles. The van der Waals surface area contributed by atoms with E-state index < -0.39 is 0 Å². The number of hydrogen-bond acceptors (Lipinski definition) is 1. The van der Waals surface area contributed by atoms with E-state index in [9.17, 15) is 9.18 Å². The van der Waals surface area contributed by atoms with Crippen LogP contribution in [0.2, 0.25) is 0 Å². The van der Waals surface area contributed by atoms with E-state index in [0.717, 1.165) is 25.7 Å². The Morgan fingerprint density at radius 3 is 2.61 bits per heavy atom. The number of carbonyl (C=O) groups excluding carboxylic acids is 1. The summed E-state index contributed by atoms with van der Waals surface area (Å²) in [5.74, 6) is -0.435. The lowest BCUT2D eigenvalue weighted by Gasteiger charge is -2.25. The Morgan fingerprint density at radius 1 is 1.28 bits per heavy atom. The van der Waals surface area contributed by atoms with Gasteiger partial charge in [0.15, 0.2) is 0 Å². The smallest absolute Gasteiger partial charge is 0.224 e. The lowest BCUT2D eigenvalue weighted by molar-refractivity contribution is -0.121. The van der Waals surface area contributed by atoms with Gasteiger partial charge >= 0.3 is 0 Å². The van der Waals surface area contributed by atoms with E-state index in [4.69, 9.17) is 11.6 Å². The molecule has 1 aromatic carbocycles. The van der Waals surface area contributed by atoms with Gasteiger partial charge in [-0.2, -0.15) is 0 Å². The minimum absolute atomic E-state index is 0.105. The van der Waals surface area contributed by atoms with E-state index in [0.29, 0.717) is 5.56 Å². The Morgan fingerprint density at radius 2 is 1.94 bits per heavy atom. The van der Waals surface area contributed by atoms with Gasteiger partial charge in [-0.1, -0.05) is 18.2 Å². The number of carbonyl (C=O) groups is 1. The fraction of sp³-hybridized carbons (Fsp3) is 0.500. The molecule has 1 fully saturated rings. The molecule has 2 rings (SSSR count). The van der Waals surface area contributed by atoms with Crippen molar-refractivity contribution in [3.8, 4) is 0 Å². The number of nitrogens with one attached hydrogen (secondary N) is 1. The maximum Gasteiger partial charge on any atom is 0.224 e. The van der Waals surface area contributed by atoms with Gasteiger partial charge < -0.3 is 5.32 Å². The SMILES string of the molecule is O=C(Cc1ccccc1F)NC1CCC(Cl)CC1. The molecule has 18 heavy (non-hydrogen) atoms. The number of hydrogen-bond donors (Lipinski definition) is 1. The normalized spacial score (nSPS) is 23.7. The molecule has 0 aromatic heterocycles. The van der Waals surface area contributed by atoms with Gasteiger partial charge in [0.05, 0.1) is 6.42 Å². The Bertz CT molecular complexity index is 416. The van der Waals surface area contributed by atoms with Crippen LogP contribution in [0.4, 0.5) is 4.39 Å². The zero-order chi connectivity index (χ0) is 13.0. The predicted octanol–water partition coefficient (Wildman–Crippen LogP) is 3.03. The maximum absolute atomic E-state index is 13.4. The van der Waals surface area contributed by atoms with Crippen molar-refractivity contribution in [1.29, 1.82) is 0 Å². The zero-order valence-corrected chi connectivity index (χ0v) is 10.9. The molecule has 2 nitrogen and oxygen atoms in total. The number of amides is 1. The van der Waals surface area contributed by atoms with Crippen molar-refractivity contribution in [1.82, 2.24) is 5.32 Å². The first kappa shape index (κ1) is 13.3. The Hall–Kier alpha value is -1.09. The molecule has 4 heteroatoms. The molecule has 0 bridgehead atoms. The van der Waals surface area contributed by atoms with E-state index in [1.54, 1.807) is 18.2 Å². The van der Waals surface area contributed by atoms with Gasteiger partial charge in [0.1, 0.15) is 5.82 Å². The Kier molecular flexibility index (Phi) is 4.59. The largest absolute Gasteiger partial charge is 0.353 e. The van der Waals surface area contributed by atoms with E-state index in [2.05, 4.69) is 5.32 Å². The third kappa shape index (κ3) is 3.70. The summed E-state index contributed by atoms with van der Waals surface area (Å²) in [6, 6.07) is 6.58. The molecule has 0 radical (unpaired) electrons. The number of rotatable bonds is 3. The summed E-state index contributed by atoms with van der Waals surface area (Å²) in [6.45, 7) is 0. The van der Waals surface area contributed by atoms with Crippen molar-refractivity contribution in [2.45, 2.75) is 43.5 Å². The first-order valence-corrected chi connectivity index (χ1v) is 6.75. The standard InChI is InChI=1S/C14H17ClFNO/c15-11-5-7-12(8-6-11)17-14(18)9-10-3-1-2-4-13(10)16/h1-4,11-12H,5-9H2,(H,17,18).